The zero-order valence-electron chi connectivity index (χ0n) is 13.9. The average molecular weight is 378 g/mol. The third-order valence-electron chi connectivity index (χ3n) is 4.21. The molecule has 0 saturated carbocycles. The van der Waals surface area contributed by atoms with Crippen LogP contribution in [0.25, 0.3) is 16.6 Å². The fourth-order valence-corrected chi connectivity index (χ4v) is 3.13. The van der Waals surface area contributed by atoms with Gasteiger partial charge in [0.2, 0.25) is 0 Å². The summed E-state index contributed by atoms with van der Waals surface area (Å²) in [5, 5.41) is 12.7. The van der Waals surface area contributed by atoms with Crippen LogP contribution >= 0.6 is 11.6 Å². The Morgan fingerprint density at radius 3 is 3.04 bits per heavy atom. The molecule has 1 saturated heterocycles. The fraction of sp³-hybridized carbons (Fsp3) is 0.375. The first kappa shape index (κ1) is 17.0. The van der Waals surface area contributed by atoms with Crippen molar-refractivity contribution < 1.29 is 19.1 Å². The Hall–Kier alpha value is -2.49. The van der Waals surface area contributed by atoms with Crippen LogP contribution in [0.3, 0.4) is 0 Å². The smallest absolute Gasteiger partial charge is 0.278 e. The summed E-state index contributed by atoms with van der Waals surface area (Å²) in [6.07, 6.45) is 2.28. The molecule has 1 amide bonds. The molecule has 0 radical (unpaired) electrons. The monoisotopic (exact) mass is 377 g/mol. The molecule has 1 N–H and O–H groups in total. The number of benzene rings is 1. The summed E-state index contributed by atoms with van der Waals surface area (Å²) in [7, 11) is 1.52. The van der Waals surface area contributed by atoms with E-state index in [1.165, 1.54) is 11.6 Å². The van der Waals surface area contributed by atoms with Crippen molar-refractivity contribution in [3.8, 4) is 5.75 Å². The zero-order valence-corrected chi connectivity index (χ0v) is 14.7. The number of rotatable bonds is 4. The van der Waals surface area contributed by atoms with Gasteiger partial charge >= 0.3 is 0 Å². The third-order valence-corrected chi connectivity index (χ3v) is 4.50. The SMILES string of the molecule is COc1cc2cc(C(=O)NOC3CCCCO3)c3nnnn3c2cc1Cl. The number of nitrogens with zero attached hydrogens (tertiary/aromatic N) is 4. The van der Waals surface area contributed by atoms with E-state index in [1.54, 1.807) is 18.2 Å². The van der Waals surface area contributed by atoms with E-state index in [1.807, 2.05) is 0 Å². The molecule has 1 aliphatic rings. The van der Waals surface area contributed by atoms with Gasteiger partial charge in [-0.3, -0.25) is 4.79 Å². The lowest BCUT2D eigenvalue weighted by Gasteiger charge is -2.22. The van der Waals surface area contributed by atoms with E-state index < -0.39 is 12.2 Å². The Morgan fingerprint density at radius 1 is 1.38 bits per heavy atom. The largest absolute Gasteiger partial charge is 0.495 e. The van der Waals surface area contributed by atoms with Crippen molar-refractivity contribution in [2.45, 2.75) is 25.6 Å². The summed E-state index contributed by atoms with van der Waals surface area (Å²) in [6, 6.07) is 5.08. The molecule has 3 heterocycles. The number of hydrogen-bond acceptors (Lipinski definition) is 7. The van der Waals surface area contributed by atoms with Crippen molar-refractivity contribution >= 4 is 34.1 Å². The Bertz CT molecular complexity index is 970. The molecular weight excluding hydrogens is 362 g/mol. The minimum absolute atomic E-state index is 0.266. The van der Waals surface area contributed by atoms with Crippen LogP contribution in [0.1, 0.15) is 29.6 Å². The van der Waals surface area contributed by atoms with E-state index >= 15 is 0 Å². The molecular formula is C16H16ClN5O4. The number of pyridine rings is 1. The third kappa shape index (κ3) is 3.05. The van der Waals surface area contributed by atoms with E-state index in [-0.39, 0.29) is 5.56 Å². The van der Waals surface area contributed by atoms with Gasteiger partial charge in [-0.15, -0.1) is 5.10 Å². The summed E-state index contributed by atoms with van der Waals surface area (Å²) >= 11 is 6.19. The lowest BCUT2D eigenvalue weighted by molar-refractivity contribution is -0.186. The lowest BCUT2D eigenvalue weighted by atomic mass is 10.1. The van der Waals surface area contributed by atoms with Crippen LogP contribution in [0.5, 0.6) is 5.75 Å². The molecule has 2 aromatic heterocycles. The molecule has 0 aliphatic carbocycles. The van der Waals surface area contributed by atoms with Crippen LogP contribution < -0.4 is 10.2 Å². The second-order valence-corrected chi connectivity index (χ2v) is 6.27. The summed E-state index contributed by atoms with van der Waals surface area (Å²) < 4.78 is 12.1. The molecule has 0 bridgehead atoms. The van der Waals surface area contributed by atoms with E-state index in [0.29, 0.717) is 33.9 Å². The second kappa shape index (κ2) is 7.02. The number of carbonyl (C=O) groups is 1. The number of nitrogens with one attached hydrogen (secondary N) is 1. The maximum atomic E-state index is 12.6. The van der Waals surface area contributed by atoms with Gasteiger partial charge in [0.25, 0.3) is 5.91 Å². The average Bonchev–Trinajstić information content (AvgIpc) is 3.16. The van der Waals surface area contributed by atoms with Gasteiger partial charge in [0.1, 0.15) is 5.75 Å². The van der Waals surface area contributed by atoms with Gasteiger partial charge in [0.15, 0.2) is 11.9 Å². The predicted octanol–water partition coefficient (Wildman–Crippen LogP) is 2.13. The predicted molar refractivity (Wildman–Crippen MR) is 92.0 cm³/mol. The molecule has 10 heteroatoms. The lowest BCUT2D eigenvalue weighted by Crippen LogP contribution is -2.33. The molecule has 0 spiro atoms. The highest BCUT2D eigenvalue weighted by Crippen LogP contribution is 2.31. The number of ether oxygens (including phenoxy) is 2. The van der Waals surface area contributed by atoms with Crippen LogP contribution in [-0.2, 0) is 9.57 Å². The highest BCUT2D eigenvalue weighted by Gasteiger charge is 2.20. The number of fused-ring (bicyclic) bond motifs is 3. The van der Waals surface area contributed by atoms with Crippen molar-refractivity contribution in [2.24, 2.45) is 0 Å². The van der Waals surface area contributed by atoms with E-state index in [0.717, 1.165) is 19.3 Å². The topological polar surface area (TPSA) is 99.9 Å². The van der Waals surface area contributed by atoms with Gasteiger partial charge in [0.05, 0.1) is 23.2 Å². The number of hydrogen-bond donors (Lipinski definition) is 1. The Morgan fingerprint density at radius 2 is 2.27 bits per heavy atom. The van der Waals surface area contributed by atoms with Gasteiger partial charge in [-0.1, -0.05) is 11.6 Å². The van der Waals surface area contributed by atoms with E-state index in [9.17, 15) is 4.79 Å². The van der Waals surface area contributed by atoms with Crippen LogP contribution in [0.15, 0.2) is 18.2 Å². The number of carbonyl (C=O) groups excluding carboxylic acids is 1. The molecule has 1 aliphatic heterocycles. The second-order valence-electron chi connectivity index (χ2n) is 5.86. The number of halogens is 1. The number of methoxy groups -OCH3 is 1. The van der Waals surface area contributed by atoms with Gasteiger partial charge in [-0.05, 0) is 41.5 Å². The first-order valence-corrected chi connectivity index (χ1v) is 8.51. The summed E-state index contributed by atoms with van der Waals surface area (Å²) in [4.78, 5) is 18.0. The van der Waals surface area contributed by atoms with Gasteiger partial charge < -0.3 is 9.47 Å². The molecule has 1 aromatic carbocycles. The van der Waals surface area contributed by atoms with Crippen molar-refractivity contribution in [3.63, 3.8) is 0 Å². The molecule has 9 nitrogen and oxygen atoms in total. The van der Waals surface area contributed by atoms with Crippen molar-refractivity contribution in [2.75, 3.05) is 13.7 Å². The van der Waals surface area contributed by atoms with Gasteiger partial charge in [-0.25, -0.2) is 10.3 Å². The molecule has 1 fully saturated rings. The quantitative estimate of drug-likeness (QED) is 0.695. The Labute approximate surface area is 153 Å². The number of tetrazole rings is 1. The number of hydroxylamine groups is 1. The Balaban J connectivity index is 1.69. The summed E-state index contributed by atoms with van der Waals surface area (Å²) in [6.45, 7) is 0.620. The summed E-state index contributed by atoms with van der Waals surface area (Å²) in [5.41, 5.74) is 3.64. The van der Waals surface area contributed by atoms with Gasteiger partial charge in [-0.2, -0.15) is 4.52 Å². The minimum Gasteiger partial charge on any atom is -0.495 e. The van der Waals surface area contributed by atoms with Crippen LogP contribution in [0.2, 0.25) is 5.02 Å². The molecule has 3 aromatic rings. The molecule has 1 unspecified atom stereocenters. The first-order chi connectivity index (χ1) is 12.7. The standard InChI is InChI=1S/C16H16ClN5O4/c1-24-13-7-9-6-10(16(23)19-26-14-4-2-3-5-25-14)15-18-20-21-22(15)12(9)8-11(13)17/h6-8,14H,2-5H2,1H3,(H,19,23). The van der Waals surface area contributed by atoms with Crippen LogP contribution in [0, 0.1) is 0 Å². The molecule has 1 atom stereocenters. The van der Waals surface area contributed by atoms with E-state index in [4.69, 9.17) is 25.9 Å². The molecule has 4 rings (SSSR count). The normalized spacial score (nSPS) is 17.5. The number of aromatic nitrogens is 4. The fourth-order valence-electron chi connectivity index (χ4n) is 2.90. The Kier molecular flexibility index (Phi) is 4.58. The van der Waals surface area contributed by atoms with Crippen molar-refractivity contribution in [3.05, 3.63) is 28.8 Å². The molecule has 26 heavy (non-hydrogen) atoms. The van der Waals surface area contributed by atoms with Crippen molar-refractivity contribution in [1.82, 2.24) is 25.5 Å². The molecule has 136 valence electrons. The highest BCUT2D eigenvalue weighted by atomic mass is 35.5. The van der Waals surface area contributed by atoms with E-state index in [2.05, 4.69) is 21.0 Å². The van der Waals surface area contributed by atoms with Gasteiger partial charge in [0, 0.05) is 18.4 Å². The number of amides is 1. The minimum atomic E-state index is -0.463. The summed E-state index contributed by atoms with van der Waals surface area (Å²) in [5.74, 6) is 0.0274. The van der Waals surface area contributed by atoms with Crippen LogP contribution in [0.4, 0.5) is 0 Å². The first-order valence-electron chi connectivity index (χ1n) is 8.13. The maximum absolute atomic E-state index is 12.6. The highest BCUT2D eigenvalue weighted by molar-refractivity contribution is 6.32. The maximum Gasteiger partial charge on any atom is 0.278 e. The van der Waals surface area contributed by atoms with Crippen LogP contribution in [-0.4, -0.2) is 46.0 Å². The van der Waals surface area contributed by atoms with Crippen molar-refractivity contribution in [1.29, 1.82) is 0 Å². The zero-order chi connectivity index (χ0) is 18.1.